The first-order valence-corrected chi connectivity index (χ1v) is 11.5. The van der Waals surface area contributed by atoms with E-state index in [1.54, 1.807) is 19.1 Å². The minimum Gasteiger partial charge on any atom is -0.491 e. The Morgan fingerprint density at radius 3 is 2.28 bits per heavy atom. The molecule has 0 aliphatic heterocycles. The fraction of sp³-hybridized carbons (Fsp3) is 0.409. The summed E-state index contributed by atoms with van der Waals surface area (Å²) >= 11 is 0. The average Bonchev–Trinajstić information content (AvgIpc) is 2.65. The molecule has 29 heavy (non-hydrogen) atoms. The molecule has 1 N–H and O–H groups in total. The molecule has 1 unspecified atom stereocenters. The zero-order chi connectivity index (χ0) is 21.6. The average molecular weight is 419 g/mol. The Hall–Kier alpha value is -2.54. The molecule has 0 heterocycles. The number of nitrogens with one attached hydrogen (secondary N) is 1. The number of carbonyl (C=O) groups is 1. The number of hydrogen-bond acceptors (Lipinski definition) is 4. The monoisotopic (exact) mass is 418 g/mol. The first-order valence-electron chi connectivity index (χ1n) is 9.66. The van der Waals surface area contributed by atoms with Crippen LogP contribution in [-0.4, -0.2) is 39.8 Å². The smallest absolute Gasteiger partial charge is 0.243 e. The Balaban J connectivity index is 1.99. The van der Waals surface area contributed by atoms with E-state index in [-0.39, 0.29) is 12.5 Å². The maximum atomic E-state index is 12.6. The molecule has 0 aliphatic carbocycles. The third-order valence-corrected chi connectivity index (χ3v) is 5.82. The summed E-state index contributed by atoms with van der Waals surface area (Å²) in [4.78, 5) is 12.6. The Bertz CT molecular complexity index is 924. The van der Waals surface area contributed by atoms with Crippen molar-refractivity contribution in [3.05, 3.63) is 59.7 Å². The highest BCUT2D eigenvalue weighted by atomic mass is 32.2. The van der Waals surface area contributed by atoms with Crippen molar-refractivity contribution in [2.45, 2.75) is 39.7 Å². The molecule has 0 radical (unpaired) electrons. The summed E-state index contributed by atoms with van der Waals surface area (Å²) in [6, 6.07) is 14.0. The van der Waals surface area contributed by atoms with Crippen LogP contribution >= 0.6 is 0 Å². The molecule has 0 saturated carbocycles. The first kappa shape index (κ1) is 22.7. The second-order valence-corrected chi connectivity index (χ2v) is 9.26. The molecule has 6 nitrogen and oxygen atoms in total. The van der Waals surface area contributed by atoms with Crippen molar-refractivity contribution in [3.63, 3.8) is 0 Å². The van der Waals surface area contributed by atoms with E-state index >= 15 is 0 Å². The highest BCUT2D eigenvalue weighted by molar-refractivity contribution is 7.92. The molecule has 2 rings (SSSR count). The van der Waals surface area contributed by atoms with Gasteiger partial charge in [0.05, 0.1) is 18.5 Å². The molecule has 0 aromatic heterocycles. The van der Waals surface area contributed by atoms with E-state index in [0.29, 0.717) is 18.2 Å². The van der Waals surface area contributed by atoms with Crippen LogP contribution in [0.1, 0.15) is 37.8 Å². The highest BCUT2D eigenvalue weighted by Crippen LogP contribution is 2.25. The van der Waals surface area contributed by atoms with Gasteiger partial charge in [0.2, 0.25) is 15.9 Å². The van der Waals surface area contributed by atoms with Crippen molar-refractivity contribution in [2.24, 2.45) is 0 Å². The number of anilines is 1. The topological polar surface area (TPSA) is 75.7 Å². The van der Waals surface area contributed by atoms with Crippen molar-refractivity contribution in [1.29, 1.82) is 0 Å². The van der Waals surface area contributed by atoms with Crippen molar-refractivity contribution < 1.29 is 17.9 Å². The van der Waals surface area contributed by atoms with E-state index in [2.05, 4.69) is 19.2 Å². The number of sulfonamides is 1. The van der Waals surface area contributed by atoms with Crippen LogP contribution in [0.3, 0.4) is 0 Å². The Morgan fingerprint density at radius 2 is 1.69 bits per heavy atom. The number of hydrogen-bond donors (Lipinski definition) is 1. The summed E-state index contributed by atoms with van der Waals surface area (Å²) < 4.78 is 31.5. The van der Waals surface area contributed by atoms with Gasteiger partial charge in [-0.2, -0.15) is 0 Å². The van der Waals surface area contributed by atoms with Crippen LogP contribution in [0, 0.1) is 6.92 Å². The largest absolute Gasteiger partial charge is 0.491 e. The first-order chi connectivity index (χ1) is 13.6. The highest BCUT2D eigenvalue weighted by Gasteiger charge is 2.28. The van der Waals surface area contributed by atoms with Crippen LogP contribution in [0.5, 0.6) is 5.75 Å². The van der Waals surface area contributed by atoms with Gasteiger partial charge in [0, 0.05) is 0 Å². The van der Waals surface area contributed by atoms with Gasteiger partial charge in [-0.05, 0) is 43.5 Å². The Kier molecular flexibility index (Phi) is 7.67. The van der Waals surface area contributed by atoms with Crippen molar-refractivity contribution in [1.82, 2.24) is 5.32 Å². The summed E-state index contributed by atoms with van der Waals surface area (Å²) in [5.74, 6) is 0.748. The fourth-order valence-corrected chi connectivity index (χ4v) is 4.25. The van der Waals surface area contributed by atoms with Gasteiger partial charge >= 0.3 is 0 Å². The number of benzene rings is 2. The Morgan fingerprint density at radius 1 is 1.07 bits per heavy atom. The van der Waals surface area contributed by atoms with Gasteiger partial charge in [0.1, 0.15) is 18.4 Å². The summed E-state index contributed by atoms with van der Waals surface area (Å²) in [7, 11) is -3.62. The normalized spacial score (nSPS) is 12.5. The summed E-state index contributed by atoms with van der Waals surface area (Å²) in [5.41, 5.74) is 2.58. The van der Waals surface area contributed by atoms with Gasteiger partial charge < -0.3 is 10.1 Å². The predicted molar refractivity (Wildman–Crippen MR) is 117 cm³/mol. The van der Waals surface area contributed by atoms with Crippen molar-refractivity contribution in [2.75, 3.05) is 23.7 Å². The Labute approximate surface area is 173 Å². The third kappa shape index (κ3) is 6.22. The molecule has 0 fully saturated rings. The summed E-state index contributed by atoms with van der Waals surface area (Å²) in [5, 5.41) is 2.77. The van der Waals surface area contributed by atoms with Gasteiger partial charge in [-0.1, -0.05) is 49.7 Å². The third-order valence-electron chi connectivity index (χ3n) is 4.58. The predicted octanol–water partition coefficient (Wildman–Crippen LogP) is 3.47. The van der Waals surface area contributed by atoms with Crippen LogP contribution in [0.4, 0.5) is 5.69 Å². The SMILES string of the molecule is Cc1ccc(N(C(C)C(=O)NCCOc2ccccc2C(C)C)S(C)(=O)=O)cc1. The maximum Gasteiger partial charge on any atom is 0.243 e. The number of ether oxygens (including phenoxy) is 1. The van der Waals surface area contributed by atoms with Crippen LogP contribution in [0.15, 0.2) is 48.5 Å². The number of amides is 1. The van der Waals surface area contributed by atoms with Crippen molar-refractivity contribution in [3.8, 4) is 5.75 Å². The lowest BCUT2D eigenvalue weighted by atomic mass is 10.0. The van der Waals surface area contributed by atoms with E-state index in [0.717, 1.165) is 27.4 Å². The van der Waals surface area contributed by atoms with Crippen LogP contribution in [0.2, 0.25) is 0 Å². The van der Waals surface area contributed by atoms with Gasteiger partial charge in [-0.3, -0.25) is 9.10 Å². The molecular formula is C22H30N2O4S. The van der Waals surface area contributed by atoms with E-state index in [4.69, 9.17) is 4.74 Å². The molecule has 0 spiro atoms. The molecule has 158 valence electrons. The van der Waals surface area contributed by atoms with Crippen LogP contribution < -0.4 is 14.4 Å². The van der Waals surface area contributed by atoms with E-state index in [9.17, 15) is 13.2 Å². The number of carbonyl (C=O) groups excluding carboxylic acids is 1. The molecule has 1 atom stereocenters. The van der Waals surface area contributed by atoms with Crippen LogP contribution in [0.25, 0.3) is 0 Å². The second kappa shape index (κ2) is 9.78. The van der Waals surface area contributed by atoms with Gasteiger partial charge in [0.25, 0.3) is 0 Å². The van der Waals surface area contributed by atoms with Gasteiger partial charge in [-0.15, -0.1) is 0 Å². The quantitative estimate of drug-likeness (QED) is 0.633. The zero-order valence-corrected chi connectivity index (χ0v) is 18.5. The fourth-order valence-electron chi connectivity index (χ4n) is 3.07. The van der Waals surface area contributed by atoms with E-state index < -0.39 is 16.1 Å². The van der Waals surface area contributed by atoms with Gasteiger partial charge in [-0.25, -0.2) is 8.42 Å². The lowest BCUT2D eigenvalue weighted by Crippen LogP contribution is -2.48. The molecule has 2 aromatic rings. The minimum atomic E-state index is -3.62. The number of rotatable bonds is 9. The number of nitrogens with zero attached hydrogens (tertiary/aromatic N) is 1. The molecule has 0 bridgehead atoms. The van der Waals surface area contributed by atoms with E-state index in [1.807, 2.05) is 43.3 Å². The zero-order valence-electron chi connectivity index (χ0n) is 17.7. The lowest BCUT2D eigenvalue weighted by Gasteiger charge is -2.28. The molecule has 1 amide bonds. The molecule has 0 saturated heterocycles. The molecule has 7 heteroatoms. The summed E-state index contributed by atoms with van der Waals surface area (Å²) in [6.45, 7) is 8.26. The van der Waals surface area contributed by atoms with Gasteiger partial charge in [0.15, 0.2) is 0 Å². The number of aryl methyl sites for hydroxylation is 1. The van der Waals surface area contributed by atoms with Crippen LogP contribution in [-0.2, 0) is 14.8 Å². The molecular weight excluding hydrogens is 388 g/mol. The summed E-state index contributed by atoms with van der Waals surface area (Å²) in [6.07, 6.45) is 1.10. The number of para-hydroxylation sites is 1. The molecule has 2 aromatic carbocycles. The van der Waals surface area contributed by atoms with E-state index in [1.165, 1.54) is 0 Å². The molecule has 0 aliphatic rings. The standard InChI is InChI=1S/C22H30N2O4S/c1-16(2)20-8-6-7-9-21(20)28-15-14-23-22(25)18(4)24(29(5,26)27)19-12-10-17(3)11-13-19/h6-13,16,18H,14-15H2,1-5H3,(H,23,25). The minimum absolute atomic E-state index is 0.279. The lowest BCUT2D eigenvalue weighted by molar-refractivity contribution is -0.121. The maximum absolute atomic E-state index is 12.6. The van der Waals surface area contributed by atoms with Crippen molar-refractivity contribution >= 4 is 21.6 Å². The second-order valence-electron chi connectivity index (χ2n) is 7.40.